The fourth-order valence-corrected chi connectivity index (χ4v) is 3.48. The molecule has 0 aliphatic heterocycles. The van der Waals surface area contributed by atoms with Crippen molar-refractivity contribution in [1.29, 1.82) is 0 Å². The van der Waals surface area contributed by atoms with Gasteiger partial charge >= 0.3 is 0 Å². The summed E-state index contributed by atoms with van der Waals surface area (Å²) >= 11 is 4.88. The minimum Gasteiger partial charge on any atom is -0.591 e. The summed E-state index contributed by atoms with van der Waals surface area (Å²) in [5.41, 5.74) is 1.04. The van der Waals surface area contributed by atoms with Crippen molar-refractivity contribution in [2.75, 3.05) is 0 Å². The SMILES string of the molecule is CC(C)[S+]([O-])N=C[C@H](CC(C)(C)[Si](C)(C)O)c1cccc(Cl)c1. The van der Waals surface area contributed by atoms with Crippen LogP contribution in [-0.4, -0.2) is 29.1 Å². The van der Waals surface area contributed by atoms with Crippen molar-refractivity contribution in [3.8, 4) is 0 Å². The first kappa shape index (κ1) is 20.7. The second kappa shape index (κ2) is 8.16. The van der Waals surface area contributed by atoms with E-state index in [1.807, 2.05) is 51.2 Å². The molecular weight excluding hydrogens is 346 g/mol. The molecule has 1 aromatic carbocycles. The zero-order valence-electron chi connectivity index (χ0n) is 14.8. The van der Waals surface area contributed by atoms with Gasteiger partial charge in [-0.15, -0.1) is 0 Å². The average molecular weight is 374 g/mol. The summed E-state index contributed by atoms with van der Waals surface area (Å²) in [6.07, 6.45) is 2.51. The summed E-state index contributed by atoms with van der Waals surface area (Å²) < 4.78 is 16.2. The molecular formula is C17H28ClNO2SSi. The molecule has 0 spiro atoms. The van der Waals surface area contributed by atoms with Crippen LogP contribution in [0.3, 0.4) is 0 Å². The number of hydrogen-bond acceptors (Lipinski definition) is 3. The van der Waals surface area contributed by atoms with Crippen LogP contribution in [-0.2, 0) is 11.4 Å². The molecule has 0 heterocycles. The lowest BCUT2D eigenvalue weighted by Crippen LogP contribution is -2.40. The van der Waals surface area contributed by atoms with Crippen molar-refractivity contribution in [2.24, 2.45) is 4.40 Å². The Balaban J connectivity index is 3.12. The number of benzene rings is 1. The van der Waals surface area contributed by atoms with Gasteiger partial charge in [0.25, 0.3) is 0 Å². The van der Waals surface area contributed by atoms with Crippen LogP contribution < -0.4 is 0 Å². The second-order valence-electron chi connectivity index (χ2n) is 7.39. The molecule has 2 atom stereocenters. The Morgan fingerprint density at radius 3 is 2.48 bits per heavy atom. The van der Waals surface area contributed by atoms with E-state index in [0.717, 1.165) is 12.0 Å². The largest absolute Gasteiger partial charge is 0.591 e. The van der Waals surface area contributed by atoms with E-state index in [4.69, 9.17) is 11.6 Å². The van der Waals surface area contributed by atoms with Gasteiger partial charge in [-0.05, 0) is 56.1 Å². The lowest BCUT2D eigenvalue weighted by atomic mass is 9.90. The van der Waals surface area contributed by atoms with Gasteiger partial charge in [-0.25, -0.2) is 0 Å². The zero-order chi connectivity index (χ0) is 17.8. The summed E-state index contributed by atoms with van der Waals surface area (Å²) in [6.45, 7) is 11.8. The van der Waals surface area contributed by atoms with Crippen LogP contribution in [0, 0.1) is 0 Å². The fraction of sp³-hybridized carbons (Fsp3) is 0.588. The van der Waals surface area contributed by atoms with Gasteiger partial charge < -0.3 is 9.35 Å². The molecule has 1 N–H and O–H groups in total. The molecule has 0 amide bonds. The highest BCUT2D eigenvalue weighted by Gasteiger charge is 2.39. The summed E-state index contributed by atoms with van der Waals surface area (Å²) in [5.74, 6) is -0.0228. The minimum absolute atomic E-state index is 0.0112. The van der Waals surface area contributed by atoms with Crippen molar-refractivity contribution in [3.63, 3.8) is 0 Å². The molecule has 0 aliphatic rings. The molecule has 1 aromatic rings. The lowest BCUT2D eigenvalue weighted by molar-refractivity contribution is 0.445. The van der Waals surface area contributed by atoms with Crippen LogP contribution in [0.1, 0.15) is 45.6 Å². The van der Waals surface area contributed by atoms with E-state index in [2.05, 4.69) is 18.2 Å². The number of hydrogen-bond donors (Lipinski definition) is 1. The van der Waals surface area contributed by atoms with Gasteiger partial charge in [-0.2, -0.15) is 0 Å². The normalized spacial score (nSPS) is 16.1. The van der Waals surface area contributed by atoms with Crippen LogP contribution in [0.4, 0.5) is 0 Å². The Morgan fingerprint density at radius 2 is 2.00 bits per heavy atom. The Bertz CT molecular complexity index is 544. The van der Waals surface area contributed by atoms with Crippen LogP contribution in [0.5, 0.6) is 0 Å². The quantitative estimate of drug-likeness (QED) is 0.418. The van der Waals surface area contributed by atoms with Gasteiger partial charge in [0.05, 0.1) is 17.6 Å². The van der Waals surface area contributed by atoms with Gasteiger partial charge in [0, 0.05) is 10.9 Å². The van der Waals surface area contributed by atoms with E-state index in [0.29, 0.717) is 5.02 Å². The van der Waals surface area contributed by atoms with E-state index in [9.17, 15) is 9.35 Å². The third kappa shape index (κ3) is 6.23. The molecule has 0 radical (unpaired) electrons. The van der Waals surface area contributed by atoms with Crippen molar-refractivity contribution >= 4 is 37.5 Å². The first-order valence-electron chi connectivity index (χ1n) is 7.87. The first-order chi connectivity index (χ1) is 10.4. The standard InChI is InChI=1S/C17H28ClNO2SSi/c1-13(2)22(20)19-12-15(11-17(3,4)23(5,6)21)14-8-7-9-16(18)10-14/h7-10,12-13,15,21H,11H2,1-6H3/t15-,22?/m0/s1. The Morgan fingerprint density at radius 1 is 1.39 bits per heavy atom. The zero-order valence-corrected chi connectivity index (χ0v) is 17.4. The molecule has 0 fully saturated rings. The highest BCUT2D eigenvalue weighted by atomic mass is 35.5. The van der Waals surface area contributed by atoms with Gasteiger partial charge in [0.1, 0.15) is 5.25 Å². The number of rotatable bonds is 7. The summed E-state index contributed by atoms with van der Waals surface area (Å²) in [5, 5.41) is 0.456. The first-order valence-corrected chi connectivity index (χ1v) is 12.4. The van der Waals surface area contributed by atoms with E-state index in [1.54, 1.807) is 6.21 Å². The van der Waals surface area contributed by atoms with E-state index >= 15 is 0 Å². The molecule has 0 aliphatic carbocycles. The van der Waals surface area contributed by atoms with Crippen LogP contribution >= 0.6 is 11.6 Å². The van der Waals surface area contributed by atoms with Gasteiger partial charge in [0.2, 0.25) is 0 Å². The molecule has 130 valence electrons. The molecule has 3 nitrogen and oxygen atoms in total. The second-order valence-corrected chi connectivity index (χ2v) is 14.0. The molecule has 1 unspecified atom stereocenters. The molecule has 0 saturated heterocycles. The van der Waals surface area contributed by atoms with Crippen molar-refractivity contribution in [3.05, 3.63) is 34.9 Å². The summed E-state index contributed by atoms with van der Waals surface area (Å²) in [4.78, 5) is 10.6. The lowest BCUT2D eigenvalue weighted by Gasteiger charge is -2.37. The highest BCUT2D eigenvalue weighted by molar-refractivity contribution is 7.90. The maximum Gasteiger partial charge on any atom is 0.188 e. The third-order valence-electron chi connectivity index (χ3n) is 4.41. The topological polar surface area (TPSA) is 55.7 Å². The number of halogens is 1. The Labute approximate surface area is 149 Å². The maximum absolute atomic E-state index is 12.0. The van der Waals surface area contributed by atoms with Gasteiger partial charge in [-0.1, -0.05) is 42.0 Å². The minimum atomic E-state index is -2.34. The van der Waals surface area contributed by atoms with E-state index in [-0.39, 0.29) is 16.2 Å². The smallest absolute Gasteiger partial charge is 0.188 e. The molecule has 1 rings (SSSR count). The van der Waals surface area contributed by atoms with Gasteiger partial charge in [0.15, 0.2) is 8.32 Å². The van der Waals surface area contributed by atoms with Crippen molar-refractivity contribution in [1.82, 2.24) is 0 Å². The summed E-state index contributed by atoms with van der Waals surface area (Å²) in [6, 6.07) is 7.66. The maximum atomic E-state index is 12.0. The van der Waals surface area contributed by atoms with Crippen LogP contribution in [0.15, 0.2) is 28.7 Å². The predicted octanol–water partition coefficient (Wildman–Crippen LogP) is 4.93. The molecule has 6 heteroatoms. The molecule has 0 bridgehead atoms. The fourth-order valence-electron chi connectivity index (χ4n) is 2.05. The Hall–Kier alpha value is -0.333. The summed E-state index contributed by atoms with van der Waals surface area (Å²) in [7, 11) is -2.34. The monoisotopic (exact) mass is 373 g/mol. The van der Waals surface area contributed by atoms with Crippen molar-refractivity contribution < 1.29 is 9.35 Å². The van der Waals surface area contributed by atoms with Gasteiger partial charge in [-0.3, -0.25) is 0 Å². The molecule has 0 saturated carbocycles. The van der Waals surface area contributed by atoms with Crippen LogP contribution in [0.2, 0.25) is 23.2 Å². The Kier molecular flexibility index (Phi) is 7.35. The number of nitrogens with zero attached hydrogens (tertiary/aromatic N) is 1. The molecule has 23 heavy (non-hydrogen) atoms. The van der Waals surface area contributed by atoms with E-state index < -0.39 is 19.7 Å². The molecule has 0 aromatic heterocycles. The van der Waals surface area contributed by atoms with Crippen LogP contribution in [0.25, 0.3) is 0 Å². The average Bonchev–Trinajstić information content (AvgIpc) is 2.41. The third-order valence-corrected chi connectivity index (χ3v) is 9.30. The predicted molar refractivity (Wildman–Crippen MR) is 104 cm³/mol. The van der Waals surface area contributed by atoms with E-state index in [1.165, 1.54) is 0 Å². The highest BCUT2D eigenvalue weighted by Crippen LogP contribution is 2.43. The van der Waals surface area contributed by atoms with Crippen molar-refractivity contribution in [2.45, 2.75) is 63.4 Å².